The molecule has 0 saturated heterocycles. The van der Waals surface area contributed by atoms with Gasteiger partial charge in [-0.2, -0.15) is 5.10 Å². The number of carbonyl (C=O) groups excluding carboxylic acids is 1. The molecule has 3 N–H and O–H groups in total. The van der Waals surface area contributed by atoms with Crippen molar-refractivity contribution in [2.45, 2.75) is 0 Å². The molecule has 112 valence electrons. The topological polar surface area (TPSA) is 125 Å². The molecule has 0 aliphatic carbocycles. The van der Waals surface area contributed by atoms with Gasteiger partial charge in [0.2, 0.25) is 0 Å². The Labute approximate surface area is 124 Å². The van der Waals surface area contributed by atoms with Crippen LogP contribution in [0, 0.1) is 10.1 Å². The van der Waals surface area contributed by atoms with Crippen molar-refractivity contribution in [3.8, 4) is 11.5 Å². The van der Waals surface area contributed by atoms with E-state index in [0.717, 1.165) is 12.1 Å². The first-order valence-electron chi connectivity index (χ1n) is 6.07. The number of hydrazone groups is 1. The lowest BCUT2D eigenvalue weighted by Crippen LogP contribution is -2.17. The average Bonchev–Trinajstić information content (AvgIpc) is 2.49. The number of hydrogen-bond donors (Lipinski definition) is 3. The molecule has 1 amide bonds. The maximum atomic E-state index is 11.8. The highest BCUT2D eigenvalue weighted by molar-refractivity contribution is 5.95. The summed E-state index contributed by atoms with van der Waals surface area (Å²) >= 11 is 0. The number of hydrogen-bond acceptors (Lipinski definition) is 6. The van der Waals surface area contributed by atoms with Crippen molar-refractivity contribution in [2.24, 2.45) is 5.10 Å². The van der Waals surface area contributed by atoms with Gasteiger partial charge in [0.15, 0.2) is 0 Å². The average molecular weight is 301 g/mol. The summed E-state index contributed by atoms with van der Waals surface area (Å²) in [5.74, 6) is -0.929. The molecular formula is C14H11N3O5. The Bertz CT molecular complexity index is 758. The first-order chi connectivity index (χ1) is 10.5. The zero-order valence-corrected chi connectivity index (χ0v) is 11.1. The van der Waals surface area contributed by atoms with E-state index in [4.69, 9.17) is 5.11 Å². The third kappa shape index (κ3) is 3.57. The van der Waals surface area contributed by atoms with Crippen LogP contribution in [0.5, 0.6) is 11.5 Å². The second kappa shape index (κ2) is 6.35. The first kappa shape index (κ1) is 15.0. The molecule has 2 aromatic rings. The smallest absolute Gasteiger partial charge is 0.271 e. The highest BCUT2D eigenvalue weighted by Crippen LogP contribution is 2.20. The molecule has 0 bridgehead atoms. The summed E-state index contributed by atoms with van der Waals surface area (Å²) < 4.78 is 0. The van der Waals surface area contributed by atoms with Gasteiger partial charge in [0, 0.05) is 29.3 Å². The fourth-order valence-corrected chi connectivity index (χ4v) is 1.63. The Kier molecular flexibility index (Phi) is 4.33. The zero-order valence-electron chi connectivity index (χ0n) is 11.1. The maximum Gasteiger partial charge on any atom is 0.271 e. The number of nitro benzene ring substituents is 1. The number of benzene rings is 2. The maximum absolute atomic E-state index is 11.8. The second-order valence-electron chi connectivity index (χ2n) is 4.25. The number of amides is 1. The van der Waals surface area contributed by atoms with E-state index in [1.54, 1.807) is 0 Å². The van der Waals surface area contributed by atoms with Crippen LogP contribution in [0.15, 0.2) is 47.6 Å². The fraction of sp³-hybridized carbons (Fsp3) is 0. The van der Waals surface area contributed by atoms with E-state index in [1.165, 1.54) is 36.5 Å². The van der Waals surface area contributed by atoms with E-state index in [0.29, 0.717) is 0 Å². The SMILES string of the molecule is O=C(N/N=C\c1ccc(O)cc1O)c1cccc([N+](=O)[O-])c1. The summed E-state index contributed by atoms with van der Waals surface area (Å²) in [5, 5.41) is 33.0. The van der Waals surface area contributed by atoms with Gasteiger partial charge in [-0.1, -0.05) is 6.07 Å². The number of phenols is 2. The molecule has 0 saturated carbocycles. The van der Waals surface area contributed by atoms with E-state index in [1.807, 2.05) is 0 Å². The number of nitrogens with zero attached hydrogens (tertiary/aromatic N) is 2. The van der Waals surface area contributed by atoms with Crippen LogP contribution in [0.25, 0.3) is 0 Å². The molecular weight excluding hydrogens is 290 g/mol. The van der Waals surface area contributed by atoms with Crippen molar-refractivity contribution in [2.75, 3.05) is 0 Å². The fourth-order valence-electron chi connectivity index (χ4n) is 1.63. The van der Waals surface area contributed by atoms with Gasteiger partial charge in [-0.05, 0) is 18.2 Å². The number of carbonyl (C=O) groups is 1. The van der Waals surface area contributed by atoms with Gasteiger partial charge in [-0.15, -0.1) is 0 Å². The lowest BCUT2D eigenvalue weighted by Gasteiger charge is -2.01. The standard InChI is InChI=1S/C14H11N3O5/c18-12-5-4-10(13(19)7-12)8-15-16-14(20)9-2-1-3-11(6-9)17(21)22/h1-8,18-19H,(H,16,20)/b15-8-. The lowest BCUT2D eigenvalue weighted by molar-refractivity contribution is -0.384. The van der Waals surface area contributed by atoms with E-state index in [-0.39, 0.29) is 28.3 Å². The number of non-ortho nitro benzene ring substituents is 1. The summed E-state index contributed by atoms with van der Waals surface area (Å²) in [6.45, 7) is 0. The molecule has 2 aromatic carbocycles. The Balaban J connectivity index is 2.08. The molecule has 2 rings (SSSR count). The summed E-state index contributed by atoms with van der Waals surface area (Å²) in [6, 6.07) is 9.09. The van der Waals surface area contributed by atoms with Gasteiger partial charge >= 0.3 is 0 Å². The molecule has 0 heterocycles. The number of phenolic OH excluding ortho intramolecular Hbond substituents is 2. The Hall–Kier alpha value is -3.42. The van der Waals surface area contributed by atoms with Crippen molar-refractivity contribution in [3.63, 3.8) is 0 Å². The molecule has 0 aliphatic rings. The van der Waals surface area contributed by atoms with Crippen LogP contribution in [-0.2, 0) is 0 Å². The molecule has 0 unspecified atom stereocenters. The minimum atomic E-state index is -0.627. The molecule has 0 aliphatic heterocycles. The molecule has 8 nitrogen and oxygen atoms in total. The highest BCUT2D eigenvalue weighted by Gasteiger charge is 2.10. The number of aromatic hydroxyl groups is 2. The lowest BCUT2D eigenvalue weighted by atomic mass is 10.2. The van der Waals surface area contributed by atoms with E-state index in [2.05, 4.69) is 10.5 Å². The third-order valence-electron chi connectivity index (χ3n) is 2.70. The quantitative estimate of drug-likeness (QED) is 0.451. The molecule has 8 heteroatoms. The number of nitrogens with one attached hydrogen (secondary N) is 1. The van der Waals surface area contributed by atoms with Gasteiger partial charge in [-0.3, -0.25) is 14.9 Å². The summed E-state index contributed by atoms with van der Waals surface area (Å²) in [7, 11) is 0. The van der Waals surface area contributed by atoms with E-state index < -0.39 is 10.8 Å². The molecule has 22 heavy (non-hydrogen) atoms. The second-order valence-corrected chi connectivity index (χ2v) is 4.25. The van der Waals surface area contributed by atoms with Crippen LogP contribution in [0.2, 0.25) is 0 Å². The zero-order chi connectivity index (χ0) is 16.1. The van der Waals surface area contributed by atoms with Crippen LogP contribution in [0.4, 0.5) is 5.69 Å². The van der Waals surface area contributed by atoms with E-state index in [9.17, 15) is 20.0 Å². The molecule has 0 aromatic heterocycles. The molecule has 0 radical (unpaired) electrons. The predicted molar refractivity (Wildman–Crippen MR) is 77.9 cm³/mol. The van der Waals surface area contributed by atoms with Crippen LogP contribution < -0.4 is 5.43 Å². The minimum Gasteiger partial charge on any atom is -0.508 e. The summed E-state index contributed by atoms with van der Waals surface area (Å²) in [4.78, 5) is 21.8. The van der Waals surface area contributed by atoms with Gasteiger partial charge in [0.25, 0.3) is 11.6 Å². The van der Waals surface area contributed by atoms with E-state index >= 15 is 0 Å². The molecule has 0 fully saturated rings. The monoisotopic (exact) mass is 301 g/mol. The van der Waals surface area contributed by atoms with Crippen LogP contribution in [-0.4, -0.2) is 27.3 Å². The minimum absolute atomic E-state index is 0.0845. The first-order valence-corrected chi connectivity index (χ1v) is 6.07. The summed E-state index contributed by atoms with van der Waals surface area (Å²) in [5.41, 5.74) is 2.36. The van der Waals surface area contributed by atoms with Crippen LogP contribution in [0.3, 0.4) is 0 Å². The molecule has 0 atom stereocenters. The predicted octanol–water partition coefficient (Wildman–Crippen LogP) is 1.77. The van der Waals surface area contributed by atoms with Gasteiger partial charge in [0.1, 0.15) is 11.5 Å². The van der Waals surface area contributed by atoms with Crippen molar-refractivity contribution in [1.82, 2.24) is 5.43 Å². The Morgan fingerprint density at radius 2 is 2.00 bits per heavy atom. The van der Waals surface area contributed by atoms with Crippen molar-refractivity contribution < 1.29 is 19.9 Å². The molecule has 0 spiro atoms. The van der Waals surface area contributed by atoms with Crippen LogP contribution in [0.1, 0.15) is 15.9 Å². The van der Waals surface area contributed by atoms with Gasteiger partial charge in [0.05, 0.1) is 11.1 Å². The Morgan fingerprint density at radius 3 is 2.68 bits per heavy atom. The van der Waals surface area contributed by atoms with Gasteiger partial charge < -0.3 is 10.2 Å². The number of rotatable bonds is 4. The Morgan fingerprint density at radius 1 is 1.23 bits per heavy atom. The van der Waals surface area contributed by atoms with Crippen molar-refractivity contribution in [3.05, 3.63) is 63.7 Å². The van der Waals surface area contributed by atoms with Gasteiger partial charge in [-0.25, -0.2) is 5.43 Å². The van der Waals surface area contributed by atoms with Crippen molar-refractivity contribution in [1.29, 1.82) is 0 Å². The summed E-state index contributed by atoms with van der Waals surface area (Å²) in [6.07, 6.45) is 1.18. The largest absolute Gasteiger partial charge is 0.508 e. The normalized spacial score (nSPS) is 10.5. The van der Waals surface area contributed by atoms with Crippen LogP contribution >= 0.6 is 0 Å². The number of nitro groups is 1. The highest BCUT2D eigenvalue weighted by atomic mass is 16.6. The third-order valence-corrected chi connectivity index (χ3v) is 2.70. The van der Waals surface area contributed by atoms with Crippen molar-refractivity contribution >= 4 is 17.8 Å².